The third kappa shape index (κ3) is 1.77. The van der Waals surface area contributed by atoms with Crippen molar-refractivity contribution in [3.63, 3.8) is 0 Å². The van der Waals surface area contributed by atoms with Crippen LogP contribution < -0.4 is 10.5 Å². The molecule has 15 heavy (non-hydrogen) atoms. The largest absolute Gasteiger partial charge is 0.496 e. The van der Waals surface area contributed by atoms with E-state index in [0.717, 1.165) is 10.2 Å². The summed E-state index contributed by atoms with van der Waals surface area (Å²) in [6.07, 6.45) is 0. The monoisotopic (exact) mass is 271 g/mol. The van der Waals surface area contributed by atoms with Crippen molar-refractivity contribution in [3.05, 3.63) is 28.2 Å². The Kier molecular flexibility index (Phi) is 3.00. The van der Waals surface area contributed by atoms with Gasteiger partial charge in [0.2, 0.25) is 0 Å². The van der Waals surface area contributed by atoms with Crippen LogP contribution in [0.15, 0.2) is 22.7 Å². The van der Waals surface area contributed by atoms with Crippen molar-refractivity contribution in [1.82, 2.24) is 0 Å². The van der Waals surface area contributed by atoms with Crippen molar-refractivity contribution in [3.8, 4) is 5.75 Å². The summed E-state index contributed by atoms with van der Waals surface area (Å²) >= 11 is 3.48. The maximum atomic E-state index is 5.79. The van der Waals surface area contributed by atoms with Crippen molar-refractivity contribution in [2.45, 2.75) is 5.41 Å². The van der Waals surface area contributed by atoms with Crippen LogP contribution in [0.2, 0.25) is 0 Å². The molecule has 0 amide bonds. The zero-order valence-electron chi connectivity index (χ0n) is 8.63. The average molecular weight is 272 g/mol. The van der Waals surface area contributed by atoms with Crippen LogP contribution in [-0.2, 0) is 10.2 Å². The molecule has 1 aliphatic rings. The number of methoxy groups -OCH3 is 1. The van der Waals surface area contributed by atoms with E-state index in [4.69, 9.17) is 15.2 Å². The molecule has 1 aromatic rings. The summed E-state index contributed by atoms with van der Waals surface area (Å²) in [5.74, 6) is 0.839. The highest BCUT2D eigenvalue weighted by atomic mass is 79.9. The molecule has 0 atom stereocenters. The zero-order chi connectivity index (χ0) is 10.9. The first-order valence-electron chi connectivity index (χ1n) is 4.84. The minimum atomic E-state index is 0.00872. The highest BCUT2D eigenvalue weighted by Crippen LogP contribution is 2.35. The highest BCUT2D eigenvalue weighted by Gasteiger charge is 2.39. The maximum absolute atomic E-state index is 5.79. The maximum Gasteiger partial charge on any atom is 0.133 e. The molecule has 1 saturated heterocycles. The van der Waals surface area contributed by atoms with Crippen LogP contribution in [0.1, 0.15) is 5.56 Å². The lowest BCUT2D eigenvalue weighted by molar-refractivity contribution is -0.0550. The van der Waals surface area contributed by atoms with E-state index in [2.05, 4.69) is 28.1 Å². The van der Waals surface area contributed by atoms with Gasteiger partial charge in [-0.25, -0.2) is 0 Å². The summed E-state index contributed by atoms with van der Waals surface area (Å²) in [4.78, 5) is 0. The topological polar surface area (TPSA) is 44.5 Å². The van der Waals surface area contributed by atoms with E-state index < -0.39 is 0 Å². The van der Waals surface area contributed by atoms with E-state index in [-0.39, 0.29) is 5.41 Å². The fourth-order valence-electron chi connectivity index (χ4n) is 1.75. The Hall–Kier alpha value is -0.580. The van der Waals surface area contributed by atoms with E-state index in [0.29, 0.717) is 19.8 Å². The number of hydrogen-bond acceptors (Lipinski definition) is 3. The van der Waals surface area contributed by atoms with Gasteiger partial charge in [0.25, 0.3) is 0 Å². The predicted molar refractivity (Wildman–Crippen MR) is 62.2 cm³/mol. The summed E-state index contributed by atoms with van der Waals surface area (Å²) in [6.45, 7) is 2.04. The van der Waals surface area contributed by atoms with Crippen LogP contribution >= 0.6 is 15.9 Å². The molecule has 0 saturated carbocycles. The first kappa shape index (κ1) is 10.9. The molecule has 1 aromatic carbocycles. The summed E-state index contributed by atoms with van der Waals surface area (Å²) in [5.41, 5.74) is 7.02. The Labute approximate surface area is 97.7 Å². The summed E-state index contributed by atoms with van der Waals surface area (Å²) in [5, 5.41) is 0. The Bertz CT molecular complexity index is 358. The molecule has 4 heteroatoms. The molecule has 1 heterocycles. The van der Waals surface area contributed by atoms with E-state index in [1.54, 1.807) is 7.11 Å². The molecular formula is C11H14BrNO2. The van der Waals surface area contributed by atoms with E-state index in [1.165, 1.54) is 5.56 Å². The Morgan fingerprint density at radius 2 is 2.27 bits per heavy atom. The molecule has 2 N–H and O–H groups in total. The molecule has 0 aliphatic carbocycles. The second kappa shape index (κ2) is 4.12. The molecule has 82 valence electrons. The normalized spacial score (nSPS) is 18.3. The van der Waals surface area contributed by atoms with Crippen LogP contribution in [0.4, 0.5) is 0 Å². The minimum Gasteiger partial charge on any atom is -0.496 e. The molecule has 3 nitrogen and oxygen atoms in total. The SMILES string of the molecule is COc1ccc(C2(CN)COC2)cc1Br. The number of halogens is 1. The Morgan fingerprint density at radius 3 is 2.67 bits per heavy atom. The standard InChI is InChI=1S/C11H14BrNO2/c1-14-10-3-2-8(4-9(10)12)11(5-13)6-15-7-11/h2-4H,5-7,13H2,1H3. The highest BCUT2D eigenvalue weighted by molar-refractivity contribution is 9.10. The third-order valence-electron chi connectivity index (χ3n) is 2.91. The van der Waals surface area contributed by atoms with Gasteiger partial charge >= 0.3 is 0 Å². The van der Waals surface area contributed by atoms with Crippen molar-refractivity contribution >= 4 is 15.9 Å². The van der Waals surface area contributed by atoms with Gasteiger partial charge in [0.1, 0.15) is 5.75 Å². The fraction of sp³-hybridized carbons (Fsp3) is 0.455. The molecule has 1 aliphatic heterocycles. The van der Waals surface area contributed by atoms with Gasteiger partial charge < -0.3 is 15.2 Å². The van der Waals surface area contributed by atoms with E-state index >= 15 is 0 Å². The van der Waals surface area contributed by atoms with Gasteiger partial charge in [-0.05, 0) is 33.6 Å². The third-order valence-corrected chi connectivity index (χ3v) is 3.53. The lowest BCUT2D eigenvalue weighted by Crippen LogP contribution is -2.52. The number of hydrogen-bond donors (Lipinski definition) is 1. The van der Waals surface area contributed by atoms with Crippen LogP contribution in [-0.4, -0.2) is 26.9 Å². The van der Waals surface area contributed by atoms with Crippen LogP contribution in [0.5, 0.6) is 5.75 Å². The number of rotatable bonds is 3. The van der Waals surface area contributed by atoms with Gasteiger partial charge in [-0.1, -0.05) is 6.07 Å². The molecular weight excluding hydrogens is 258 g/mol. The fourth-order valence-corrected chi connectivity index (χ4v) is 2.29. The summed E-state index contributed by atoms with van der Waals surface area (Å²) in [6, 6.07) is 6.07. The van der Waals surface area contributed by atoms with Gasteiger partial charge in [-0.3, -0.25) is 0 Å². The van der Waals surface area contributed by atoms with Gasteiger partial charge in [-0.2, -0.15) is 0 Å². The van der Waals surface area contributed by atoms with Crippen molar-refractivity contribution in [2.75, 3.05) is 26.9 Å². The molecule has 0 aromatic heterocycles. The number of benzene rings is 1. The smallest absolute Gasteiger partial charge is 0.133 e. The quantitative estimate of drug-likeness (QED) is 0.910. The minimum absolute atomic E-state index is 0.00872. The van der Waals surface area contributed by atoms with E-state index in [9.17, 15) is 0 Å². The lowest BCUT2D eigenvalue weighted by Gasteiger charge is -2.41. The summed E-state index contributed by atoms with van der Waals surface area (Å²) < 4.78 is 11.4. The van der Waals surface area contributed by atoms with Gasteiger partial charge in [0.05, 0.1) is 30.2 Å². The lowest BCUT2D eigenvalue weighted by atomic mass is 9.79. The second-order valence-corrected chi connectivity index (χ2v) is 4.68. The average Bonchev–Trinajstić information content (AvgIpc) is 2.17. The second-order valence-electron chi connectivity index (χ2n) is 3.83. The van der Waals surface area contributed by atoms with Crippen molar-refractivity contribution in [2.24, 2.45) is 5.73 Å². The van der Waals surface area contributed by atoms with Gasteiger partial charge in [-0.15, -0.1) is 0 Å². The van der Waals surface area contributed by atoms with Crippen LogP contribution in [0.3, 0.4) is 0 Å². The van der Waals surface area contributed by atoms with Crippen LogP contribution in [0, 0.1) is 0 Å². The van der Waals surface area contributed by atoms with Crippen molar-refractivity contribution in [1.29, 1.82) is 0 Å². The van der Waals surface area contributed by atoms with Crippen LogP contribution in [0.25, 0.3) is 0 Å². The predicted octanol–water partition coefficient (Wildman–Crippen LogP) is 1.68. The molecule has 1 fully saturated rings. The van der Waals surface area contributed by atoms with Gasteiger partial charge in [0.15, 0.2) is 0 Å². The summed E-state index contributed by atoms with van der Waals surface area (Å²) in [7, 11) is 1.66. The van der Waals surface area contributed by atoms with Gasteiger partial charge in [0, 0.05) is 6.54 Å². The Morgan fingerprint density at radius 1 is 1.53 bits per heavy atom. The molecule has 0 unspecified atom stereocenters. The molecule has 0 spiro atoms. The number of nitrogens with two attached hydrogens (primary N) is 1. The number of ether oxygens (including phenoxy) is 2. The Balaban J connectivity index is 2.33. The zero-order valence-corrected chi connectivity index (χ0v) is 10.2. The van der Waals surface area contributed by atoms with E-state index in [1.807, 2.05) is 6.07 Å². The first-order chi connectivity index (χ1) is 7.22. The first-order valence-corrected chi connectivity index (χ1v) is 5.63. The van der Waals surface area contributed by atoms with Crippen molar-refractivity contribution < 1.29 is 9.47 Å². The molecule has 2 rings (SSSR count). The molecule has 0 radical (unpaired) electrons. The molecule has 0 bridgehead atoms.